The molecular weight excluding hydrogens is 291 g/mol. The summed E-state index contributed by atoms with van der Waals surface area (Å²) in [5.74, 6) is 0.187. The number of rotatable bonds is 4. The second-order valence-electron chi connectivity index (χ2n) is 4.05. The topological polar surface area (TPSA) is 76.7 Å². The van der Waals surface area contributed by atoms with Gasteiger partial charge in [0.1, 0.15) is 11.3 Å². The quantitative estimate of drug-likeness (QED) is 0.534. The van der Waals surface area contributed by atoms with Crippen molar-refractivity contribution in [3.8, 4) is 5.75 Å². The van der Waals surface area contributed by atoms with Gasteiger partial charge in [-0.05, 0) is 24.6 Å². The minimum atomic E-state index is -3.77. The molecule has 1 N–H and O–H groups in total. The van der Waals surface area contributed by atoms with Crippen molar-refractivity contribution in [1.82, 2.24) is 0 Å². The summed E-state index contributed by atoms with van der Waals surface area (Å²) in [7, 11) is -3.77. The molecule has 1 heterocycles. The van der Waals surface area contributed by atoms with Crippen molar-refractivity contribution in [2.75, 3.05) is 12.0 Å². The Morgan fingerprint density at radius 1 is 1.42 bits per heavy atom. The van der Waals surface area contributed by atoms with Crippen LogP contribution in [0.1, 0.15) is 5.56 Å². The Balaban J connectivity index is 2.42. The average molecular weight is 303 g/mol. The molecule has 0 saturated heterocycles. The van der Waals surface area contributed by atoms with Gasteiger partial charge >= 0.3 is 13.2 Å². The first-order valence-electron chi connectivity index (χ1n) is 5.53. The number of fused-ring (bicyclic) bond motifs is 1. The largest absolute Gasteiger partial charge is 0.424 e. The van der Waals surface area contributed by atoms with Crippen LogP contribution in [0.2, 0.25) is 0 Å². The van der Waals surface area contributed by atoms with Gasteiger partial charge < -0.3 is 13.8 Å². The van der Waals surface area contributed by atoms with Gasteiger partial charge in [-0.3, -0.25) is 0 Å². The SMILES string of the molecule is Cc1cc(=O)oc2cc(OP(=O)(O)CCCl)ccc12. The van der Waals surface area contributed by atoms with E-state index in [1.807, 2.05) is 0 Å². The Bertz CT molecular complexity index is 709. The van der Waals surface area contributed by atoms with Crippen molar-refractivity contribution in [2.24, 2.45) is 0 Å². The van der Waals surface area contributed by atoms with E-state index in [0.29, 0.717) is 5.58 Å². The van der Waals surface area contributed by atoms with Gasteiger partial charge in [-0.1, -0.05) is 0 Å². The van der Waals surface area contributed by atoms with E-state index in [9.17, 15) is 14.3 Å². The molecule has 0 spiro atoms. The summed E-state index contributed by atoms with van der Waals surface area (Å²) in [6, 6.07) is 6.02. The molecule has 0 saturated carbocycles. The van der Waals surface area contributed by atoms with Crippen LogP contribution in [-0.4, -0.2) is 16.9 Å². The molecule has 2 aromatic rings. The van der Waals surface area contributed by atoms with Crippen molar-refractivity contribution in [3.63, 3.8) is 0 Å². The molecule has 2 rings (SSSR count). The molecule has 0 aliphatic carbocycles. The number of alkyl halides is 1. The van der Waals surface area contributed by atoms with Crippen LogP contribution in [0.15, 0.2) is 33.5 Å². The fourth-order valence-corrected chi connectivity index (χ4v) is 3.07. The molecule has 1 unspecified atom stereocenters. The standard InChI is InChI=1S/C12H12ClO5P/c1-8-6-12(14)17-11-7-9(2-3-10(8)11)18-19(15,16)5-4-13/h2-3,6-7H,4-5H2,1H3,(H,15,16). The maximum atomic E-state index is 11.6. The maximum Gasteiger partial charge on any atom is 0.377 e. The zero-order valence-corrected chi connectivity index (χ0v) is 11.8. The fourth-order valence-electron chi connectivity index (χ4n) is 1.68. The molecule has 0 aliphatic rings. The van der Waals surface area contributed by atoms with Crippen molar-refractivity contribution < 1.29 is 18.4 Å². The highest BCUT2D eigenvalue weighted by molar-refractivity contribution is 7.53. The normalized spacial score (nSPS) is 14.3. The van der Waals surface area contributed by atoms with E-state index in [-0.39, 0.29) is 17.8 Å². The van der Waals surface area contributed by atoms with Crippen LogP contribution < -0.4 is 10.1 Å². The number of aryl methyl sites for hydroxylation is 1. The number of hydrogen-bond acceptors (Lipinski definition) is 4. The second kappa shape index (κ2) is 5.37. The van der Waals surface area contributed by atoms with E-state index in [4.69, 9.17) is 20.5 Å². The van der Waals surface area contributed by atoms with Crippen molar-refractivity contribution in [2.45, 2.75) is 6.92 Å². The Kier molecular flexibility index (Phi) is 3.99. The average Bonchev–Trinajstić information content (AvgIpc) is 2.26. The molecule has 1 aromatic carbocycles. The third-order valence-corrected chi connectivity index (χ3v) is 4.28. The molecule has 0 aliphatic heterocycles. The molecule has 102 valence electrons. The predicted molar refractivity (Wildman–Crippen MR) is 73.3 cm³/mol. The van der Waals surface area contributed by atoms with Crippen molar-refractivity contribution in [1.29, 1.82) is 0 Å². The third kappa shape index (κ3) is 3.38. The lowest BCUT2D eigenvalue weighted by Gasteiger charge is -2.12. The van der Waals surface area contributed by atoms with Crippen LogP contribution in [0.25, 0.3) is 11.0 Å². The maximum absolute atomic E-state index is 11.6. The highest BCUT2D eigenvalue weighted by Gasteiger charge is 2.20. The van der Waals surface area contributed by atoms with Gasteiger partial charge in [0.25, 0.3) is 0 Å². The summed E-state index contributed by atoms with van der Waals surface area (Å²) in [5, 5.41) is 0.747. The van der Waals surface area contributed by atoms with Crippen LogP contribution in [0.5, 0.6) is 5.75 Å². The minimum absolute atomic E-state index is 0.0234. The van der Waals surface area contributed by atoms with Gasteiger partial charge in [0.2, 0.25) is 0 Å². The summed E-state index contributed by atoms with van der Waals surface area (Å²) < 4.78 is 21.6. The molecule has 0 fully saturated rings. The van der Waals surface area contributed by atoms with E-state index in [1.165, 1.54) is 12.1 Å². The van der Waals surface area contributed by atoms with Gasteiger partial charge in [-0.15, -0.1) is 11.6 Å². The molecular formula is C12H12ClO5P. The van der Waals surface area contributed by atoms with Gasteiger partial charge in [-0.2, -0.15) is 0 Å². The van der Waals surface area contributed by atoms with Gasteiger partial charge in [0.05, 0.1) is 6.16 Å². The summed E-state index contributed by atoms with van der Waals surface area (Å²) in [6.07, 6.45) is -0.148. The molecule has 7 heteroatoms. The van der Waals surface area contributed by atoms with E-state index >= 15 is 0 Å². The monoisotopic (exact) mass is 302 g/mol. The molecule has 1 aromatic heterocycles. The van der Waals surface area contributed by atoms with Crippen LogP contribution in [-0.2, 0) is 4.57 Å². The van der Waals surface area contributed by atoms with Crippen LogP contribution >= 0.6 is 19.2 Å². The molecule has 0 amide bonds. The second-order valence-corrected chi connectivity index (χ2v) is 6.33. The first-order valence-corrected chi connectivity index (χ1v) is 7.83. The van der Waals surface area contributed by atoms with Crippen molar-refractivity contribution >= 4 is 30.2 Å². The van der Waals surface area contributed by atoms with E-state index in [1.54, 1.807) is 19.1 Å². The highest BCUT2D eigenvalue weighted by Crippen LogP contribution is 2.43. The third-order valence-electron chi connectivity index (χ3n) is 2.54. The highest BCUT2D eigenvalue weighted by atomic mass is 35.5. The summed E-state index contributed by atoms with van der Waals surface area (Å²) in [5.41, 5.74) is 0.606. The Morgan fingerprint density at radius 2 is 2.16 bits per heavy atom. The Hall–Kier alpha value is -1.29. The predicted octanol–water partition coefficient (Wildman–Crippen LogP) is 2.90. The van der Waals surface area contributed by atoms with Crippen LogP contribution in [0, 0.1) is 6.92 Å². The summed E-state index contributed by atoms with van der Waals surface area (Å²) in [6.45, 7) is 1.78. The summed E-state index contributed by atoms with van der Waals surface area (Å²) >= 11 is 5.42. The smallest absolute Gasteiger partial charge is 0.377 e. The number of hydrogen-bond donors (Lipinski definition) is 1. The van der Waals surface area contributed by atoms with Gasteiger partial charge in [-0.25, -0.2) is 9.36 Å². The Labute approximate surface area is 114 Å². The Morgan fingerprint density at radius 3 is 2.84 bits per heavy atom. The molecule has 0 bridgehead atoms. The van der Waals surface area contributed by atoms with Crippen LogP contribution in [0.3, 0.4) is 0 Å². The van der Waals surface area contributed by atoms with Crippen molar-refractivity contribution in [3.05, 3.63) is 40.2 Å². The molecule has 19 heavy (non-hydrogen) atoms. The number of halogens is 1. The zero-order chi connectivity index (χ0) is 14.0. The summed E-state index contributed by atoms with van der Waals surface area (Å²) in [4.78, 5) is 20.8. The first kappa shape index (κ1) is 14.1. The lowest BCUT2D eigenvalue weighted by atomic mass is 10.1. The molecule has 0 radical (unpaired) electrons. The van der Waals surface area contributed by atoms with Crippen LogP contribution in [0.4, 0.5) is 0 Å². The minimum Gasteiger partial charge on any atom is -0.424 e. The van der Waals surface area contributed by atoms with Gasteiger partial charge in [0, 0.05) is 23.4 Å². The van der Waals surface area contributed by atoms with Gasteiger partial charge in [0.15, 0.2) is 0 Å². The lowest BCUT2D eigenvalue weighted by molar-refractivity contribution is 0.381. The number of benzene rings is 1. The zero-order valence-electron chi connectivity index (χ0n) is 10.1. The fraction of sp³-hybridized carbons (Fsp3) is 0.250. The van der Waals surface area contributed by atoms with E-state index in [2.05, 4.69) is 0 Å². The lowest BCUT2D eigenvalue weighted by Crippen LogP contribution is -2.00. The van der Waals surface area contributed by atoms with E-state index < -0.39 is 13.2 Å². The molecule has 5 nitrogen and oxygen atoms in total. The first-order chi connectivity index (χ1) is 8.91. The molecule has 1 atom stereocenters. The van der Waals surface area contributed by atoms with E-state index in [0.717, 1.165) is 10.9 Å².